The van der Waals surface area contributed by atoms with Crippen LogP contribution in [0.1, 0.15) is 39.5 Å². The van der Waals surface area contributed by atoms with Gasteiger partial charge in [-0.1, -0.05) is 29.8 Å². The van der Waals surface area contributed by atoms with E-state index in [1.54, 1.807) is 20.0 Å². The monoisotopic (exact) mass is 382 g/mol. The summed E-state index contributed by atoms with van der Waals surface area (Å²) in [4.78, 5) is 36.5. The number of hydrogen-bond donors (Lipinski definition) is 2. The standard InChI is InChI=1S/C20H22N4O2S/c1-12-4-6-15(7-5-12)10-16-11-21-20(27-16)24-18(25)9-8-17-13(2)22-14(3)23-19(17)26/h4-7,11H,8-10H2,1-3H3,(H,21,24,25)(H,22,23,26). The highest BCUT2D eigenvalue weighted by Crippen LogP contribution is 2.21. The number of carbonyl (C=O) groups excluding carboxylic acids is 1. The summed E-state index contributed by atoms with van der Waals surface area (Å²) in [6.07, 6.45) is 3.14. The fraction of sp³-hybridized carbons (Fsp3) is 0.300. The van der Waals surface area contributed by atoms with Gasteiger partial charge in [-0.15, -0.1) is 11.3 Å². The molecule has 7 heteroatoms. The molecule has 2 N–H and O–H groups in total. The molecule has 2 aromatic heterocycles. The third kappa shape index (κ3) is 5.10. The number of nitrogens with zero attached hydrogens (tertiary/aromatic N) is 2. The normalized spacial score (nSPS) is 10.8. The number of hydrogen-bond acceptors (Lipinski definition) is 5. The smallest absolute Gasteiger partial charge is 0.254 e. The summed E-state index contributed by atoms with van der Waals surface area (Å²) in [6, 6.07) is 8.37. The number of benzene rings is 1. The quantitative estimate of drug-likeness (QED) is 0.685. The minimum Gasteiger partial charge on any atom is -0.311 e. The zero-order chi connectivity index (χ0) is 19.4. The van der Waals surface area contributed by atoms with E-state index in [0.717, 1.165) is 11.3 Å². The zero-order valence-electron chi connectivity index (χ0n) is 15.6. The summed E-state index contributed by atoms with van der Waals surface area (Å²) < 4.78 is 0. The second kappa shape index (κ2) is 8.26. The van der Waals surface area contributed by atoms with E-state index in [1.165, 1.54) is 22.5 Å². The number of thiazole rings is 1. The first-order chi connectivity index (χ1) is 12.9. The van der Waals surface area contributed by atoms with Crippen molar-refractivity contribution in [3.05, 3.63) is 73.9 Å². The first-order valence-electron chi connectivity index (χ1n) is 8.77. The molecule has 0 atom stereocenters. The number of carbonyl (C=O) groups is 1. The fourth-order valence-electron chi connectivity index (χ4n) is 2.82. The molecule has 0 saturated carbocycles. The van der Waals surface area contributed by atoms with Gasteiger partial charge in [0, 0.05) is 35.2 Å². The van der Waals surface area contributed by atoms with E-state index in [-0.39, 0.29) is 17.9 Å². The summed E-state index contributed by atoms with van der Waals surface area (Å²) in [5, 5.41) is 3.39. The van der Waals surface area contributed by atoms with Crippen LogP contribution in [-0.4, -0.2) is 20.9 Å². The minimum absolute atomic E-state index is 0.161. The molecule has 0 fully saturated rings. The van der Waals surface area contributed by atoms with E-state index in [9.17, 15) is 9.59 Å². The lowest BCUT2D eigenvalue weighted by Crippen LogP contribution is -2.20. The Kier molecular flexibility index (Phi) is 5.81. The fourth-order valence-corrected chi connectivity index (χ4v) is 3.68. The second-order valence-corrected chi connectivity index (χ2v) is 7.67. The van der Waals surface area contributed by atoms with Gasteiger partial charge in [-0.3, -0.25) is 9.59 Å². The van der Waals surface area contributed by atoms with Gasteiger partial charge in [0.05, 0.1) is 0 Å². The lowest BCUT2D eigenvalue weighted by atomic mass is 10.1. The molecule has 3 rings (SSSR count). The van der Waals surface area contributed by atoms with Gasteiger partial charge in [0.2, 0.25) is 5.91 Å². The maximum absolute atomic E-state index is 12.2. The Morgan fingerprint density at radius 3 is 2.63 bits per heavy atom. The minimum atomic E-state index is -0.178. The summed E-state index contributed by atoms with van der Waals surface area (Å²) in [5.74, 6) is 0.417. The van der Waals surface area contributed by atoms with Crippen molar-refractivity contribution in [1.29, 1.82) is 0 Å². The second-order valence-electron chi connectivity index (χ2n) is 6.56. The number of anilines is 1. The molecule has 140 valence electrons. The average molecular weight is 382 g/mol. The Labute approximate surface area is 161 Å². The summed E-state index contributed by atoms with van der Waals surface area (Å²) in [5.41, 5.74) is 3.48. The van der Waals surface area contributed by atoms with Crippen molar-refractivity contribution in [3.8, 4) is 0 Å². The van der Waals surface area contributed by atoms with Gasteiger partial charge in [-0.05, 0) is 32.8 Å². The Bertz CT molecular complexity index is 1010. The van der Waals surface area contributed by atoms with Gasteiger partial charge in [-0.2, -0.15) is 0 Å². The molecule has 1 aromatic carbocycles. The highest BCUT2D eigenvalue weighted by Gasteiger charge is 2.11. The van der Waals surface area contributed by atoms with E-state index in [2.05, 4.69) is 51.5 Å². The molecule has 0 saturated heterocycles. The maximum Gasteiger partial charge on any atom is 0.254 e. The highest BCUT2D eigenvalue weighted by atomic mass is 32.1. The number of H-pyrrole nitrogens is 1. The van der Waals surface area contributed by atoms with Crippen LogP contribution in [0.5, 0.6) is 0 Å². The summed E-state index contributed by atoms with van der Waals surface area (Å²) in [7, 11) is 0. The SMILES string of the molecule is Cc1ccc(Cc2cnc(NC(=O)CCc3c(C)nc(C)[nH]c3=O)s2)cc1. The Hall–Kier alpha value is -2.80. The van der Waals surface area contributed by atoms with Crippen LogP contribution in [-0.2, 0) is 17.6 Å². The van der Waals surface area contributed by atoms with Crippen LogP contribution in [0, 0.1) is 20.8 Å². The molecule has 2 heterocycles. The number of amides is 1. The Morgan fingerprint density at radius 1 is 1.19 bits per heavy atom. The predicted octanol–water partition coefficient (Wildman–Crippen LogP) is 3.31. The molecule has 0 aliphatic carbocycles. The van der Waals surface area contributed by atoms with Crippen LogP contribution in [0.2, 0.25) is 0 Å². The third-order valence-electron chi connectivity index (χ3n) is 4.24. The number of aromatic amines is 1. The van der Waals surface area contributed by atoms with Gasteiger partial charge in [0.15, 0.2) is 5.13 Å². The predicted molar refractivity (Wildman–Crippen MR) is 107 cm³/mol. The molecule has 0 radical (unpaired) electrons. The van der Waals surface area contributed by atoms with Crippen LogP contribution in [0.3, 0.4) is 0 Å². The Morgan fingerprint density at radius 2 is 1.93 bits per heavy atom. The lowest BCUT2D eigenvalue weighted by molar-refractivity contribution is -0.116. The number of aromatic nitrogens is 3. The molecule has 0 spiro atoms. The molecule has 6 nitrogen and oxygen atoms in total. The van der Waals surface area contributed by atoms with Crippen molar-refractivity contribution >= 4 is 22.4 Å². The van der Waals surface area contributed by atoms with Crippen molar-refractivity contribution in [2.45, 2.75) is 40.0 Å². The van der Waals surface area contributed by atoms with Crippen LogP contribution in [0.15, 0.2) is 35.3 Å². The maximum atomic E-state index is 12.2. The molecule has 3 aromatic rings. The molecular weight excluding hydrogens is 360 g/mol. The molecule has 0 aliphatic heterocycles. The summed E-state index contributed by atoms with van der Waals surface area (Å²) >= 11 is 1.47. The average Bonchev–Trinajstić information content (AvgIpc) is 3.03. The molecular formula is C20H22N4O2S. The molecule has 0 aliphatic rings. The van der Waals surface area contributed by atoms with Crippen molar-refractivity contribution in [1.82, 2.24) is 15.0 Å². The molecule has 0 bridgehead atoms. The topological polar surface area (TPSA) is 87.7 Å². The van der Waals surface area contributed by atoms with Crippen molar-refractivity contribution in [2.75, 3.05) is 5.32 Å². The van der Waals surface area contributed by atoms with Crippen molar-refractivity contribution in [3.63, 3.8) is 0 Å². The third-order valence-corrected chi connectivity index (χ3v) is 5.15. The van der Waals surface area contributed by atoms with E-state index >= 15 is 0 Å². The van der Waals surface area contributed by atoms with Crippen LogP contribution < -0.4 is 10.9 Å². The van der Waals surface area contributed by atoms with E-state index < -0.39 is 0 Å². The van der Waals surface area contributed by atoms with Gasteiger partial charge in [0.25, 0.3) is 5.56 Å². The highest BCUT2D eigenvalue weighted by molar-refractivity contribution is 7.15. The van der Waals surface area contributed by atoms with Crippen LogP contribution >= 0.6 is 11.3 Å². The lowest BCUT2D eigenvalue weighted by Gasteiger charge is -2.05. The molecule has 1 amide bonds. The van der Waals surface area contributed by atoms with E-state index in [0.29, 0.717) is 28.6 Å². The van der Waals surface area contributed by atoms with Crippen LogP contribution in [0.4, 0.5) is 5.13 Å². The van der Waals surface area contributed by atoms with Gasteiger partial charge >= 0.3 is 0 Å². The summed E-state index contributed by atoms with van der Waals surface area (Å²) in [6.45, 7) is 5.58. The van der Waals surface area contributed by atoms with Gasteiger partial charge in [-0.25, -0.2) is 9.97 Å². The molecule has 27 heavy (non-hydrogen) atoms. The first kappa shape index (κ1) is 19.0. The van der Waals surface area contributed by atoms with Crippen molar-refractivity contribution < 1.29 is 4.79 Å². The first-order valence-corrected chi connectivity index (χ1v) is 9.59. The number of rotatable bonds is 6. The zero-order valence-corrected chi connectivity index (χ0v) is 16.4. The Balaban J connectivity index is 1.56. The van der Waals surface area contributed by atoms with Crippen molar-refractivity contribution in [2.24, 2.45) is 0 Å². The molecule has 0 unspecified atom stereocenters. The van der Waals surface area contributed by atoms with E-state index in [4.69, 9.17) is 0 Å². The van der Waals surface area contributed by atoms with E-state index in [1.807, 2.05) is 0 Å². The van der Waals surface area contributed by atoms with Crippen LogP contribution in [0.25, 0.3) is 0 Å². The van der Waals surface area contributed by atoms with Gasteiger partial charge < -0.3 is 10.3 Å². The number of aryl methyl sites for hydroxylation is 3. The van der Waals surface area contributed by atoms with Gasteiger partial charge in [0.1, 0.15) is 5.82 Å². The number of nitrogens with one attached hydrogen (secondary N) is 2. The largest absolute Gasteiger partial charge is 0.311 e.